The Hall–Kier alpha value is -1.51. The van der Waals surface area contributed by atoms with Crippen LogP contribution in [0.25, 0.3) is 0 Å². The van der Waals surface area contributed by atoms with Gasteiger partial charge in [0.2, 0.25) is 5.91 Å². The number of amides is 1. The molecule has 0 aromatic heterocycles. The summed E-state index contributed by atoms with van der Waals surface area (Å²) in [6.45, 7) is 22.8. The van der Waals surface area contributed by atoms with E-state index in [-0.39, 0.29) is 0 Å². The molecule has 2 unspecified atom stereocenters. The molecule has 2 N–H and O–H groups in total. The van der Waals surface area contributed by atoms with Crippen LogP contribution in [0, 0.1) is 12.8 Å². The Bertz CT molecular complexity index is 1050. The number of carbonyl (C=O) groups is 1. The molecular weight excluding hydrogens is 580 g/mol. The van der Waals surface area contributed by atoms with E-state index < -0.39 is 0 Å². The van der Waals surface area contributed by atoms with Gasteiger partial charge in [0, 0.05) is 102 Å². The third kappa shape index (κ3) is 10.3. The quantitative estimate of drug-likeness (QED) is 0.393. The molecule has 3 heterocycles. The van der Waals surface area contributed by atoms with E-state index in [0.717, 1.165) is 32.4 Å². The molecule has 266 valence electrons. The molecule has 0 radical (unpaired) electrons. The summed E-state index contributed by atoms with van der Waals surface area (Å²) in [5.41, 5.74) is 9.02. The van der Waals surface area contributed by atoms with Gasteiger partial charge in [-0.05, 0) is 90.5 Å². The van der Waals surface area contributed by atoms with Crippen LogP contribution < -0.4 is 5.73 Å². The molecule has 0 bridgehead atoms. The van der Waals surface area contributed by atoms with Crippen molar-refractivity contribution in [3.63, 3.8) is 0 Å². The summed E-state index contributed by atoms with van der Waals surface area (Å²) in [4.78, 5) is 25.9. The van der Waals surface area contributed by atoms with Gasteiger partial charge in [0.15, 0.2) is 0 Å². The van der Waals surface area contributed by atoms with Crippen LogP contribution in [0.1, 0.15) is 115 Å². The van der Waals surface area contributed by atoms with Crippen molar-refractivity contribution in [3.8, 4) is 0 Å². The molecular formula is C40H70N6O. The molecule has 4 atom stereocenters. The molecule has 6 rings (SSSR count). The van der Waals surface area contributed by atoms with Crippen molar-refractivity contribution < 1.29 is 4.79 Å². The van der Waals surface area contributed by atoms with Gasteiger partial charge in [-0.1, -0.05) is 55.5 Å². The van der Waals surface area contributed by atoms with E-state index in [9.17, 15) is 4.79 Å². The Labute approximate surface area is 288 Å². The largest absolute Gasteiger partial charge is 0.343 e. The first kappa shape index (κ1) is 36.8. The molecule has 3 aliphatic heterocycles. The van der Waals surface area contributed by atoms with Crippen LogP contribution in [-0.2, 0) is 4.79 Å². The SMILES string of the molecule is CC(C)N1CCN(C2CCCC[C@@H]2N)CC1.Cc1ccc(C2CCN(C(=O)C[C@H]3CCCCC3N3CCN(C(C)C)CC3)CC2)cc1. The summed E-state index contributed by atoms with van der Waals surface area (Å²) in [6.07, 6.45) is 13.4. The van der Waals surface area contributed by atoms with Crippen LogP contribution in [0.3, 0.4) is 0 Å². The Kier molecular flexibility index (Phi) is 14.0. The summed E-state index contributed by atoms with van der Waals surface area (Å²) < 4.78 is 0. The van der Waals surface area contributed by atoms with Crippen LogP contribution in [-0.4, -0.2) is 126 Å². The summed E-state index contributed by atoms with van der Waals surface area (Å²) in [6, 6.07) is 12.1. The fourth-order valence-corrected chi connectivity index (χ4v) is 9.33. The fraction of sp³-hybridized carbons (Fsp3) is 0.825. The van der Waals surface area contributed by atoms with Crippen molar-refractivity contribution in [2.45, 2.75) is 141 Å². The van der Waals surface area contributed by atoms with Crippen molar-refractivity contribution >= 4 is 5.91 Å². The standard InChI is InChI=1S/C27H43N3O.C13H27N3/c1-21(2)28-16-18-29(19-17-28)26-7-5-4-6-25(26)20-27(31)30-14-12-24(13-15-30)23-10-8-22(3)9-11-23;1-11(2)15-7-9-16(10-8-15)13-6-4-3-5-12(13)14/h8-11,21,24-26H,4-7,12-20H2,1-3H3;11-13H,3-10,14H2,1-2H3/t25-,26?;12-,13?/m10/s1. The Morgan fingerprint density at radius 3 is 1.68 bits per heavy atom. The van der Waals surface area contributed by atoms with Gasteiger partial charge in [-0.15, -0.1) is 0 Å². The third-order valence-electron chi connectivity index (χ3n) is 12.6. The number of piperidine rings is 1. The highest BCUT2D eigenvalue weighted by molar-refractivity contribution is 5.76. The first-order valence-electron chi connectivity index (χ1n) is 19.8. The Morgan fingerprint density at radius 2 is 1.15 bits per heavy atom. The number of likely N-dealkylation sites (tertiary alicyclic amines) is 1. The maximum atomic E-state index is 13.2. The number of benzene rings is 1. The Balaban J connectivity index is 0.000000227. The normalized spacial score (nSPS) is 29.6. The number of piperazine rings is 2. The number of aryl methyl sites for hydroxylation is 1. The van der Waals surface area contributed by atoms with Gasteiger partial charge in [0.05, 0.1) is 0 Å². The van der Waals surface area contributed by atoms with Gasteiger partial charge < -0.3 is 10.6 Å². The number of hydrogen-bond acceptors (Lipinski definition) is 6. The average molecular weight is 651 g/mol. The number of nitrogens with two attached hydrogens (primary N) is 1. The van der Waals surface area contributed by atoms with Gasteiger partial charge >= 0.3 is 0 Å². The third-order valence-corrected chi connectivity index (χ3v) is 12.6. The minimum absolute atomic E-state index is 0.417. The van der Waals surface area contributed by atoms with Gasteiger partial charge in [0.1, 0.15) is 0 Å². The highest BCUT2D eigenvalue weighted by Crippen LogP contribution is 2.34. The van der Waals surface area contributed by atoms with E-state index >= 15 is 0 Å². The predicted molar refractivity (Wildman–Crippen MR) is 197 cm³/mol. The van der Waals surface area contributed by atoms with E-state index in [1.165, 1.54) is 115 Å². The average Bonchev–Trinajstić information content (AvgIpc) is 3.09. The lowest BCUT2D eigenvalue weighted by Crippen LogP contribution is -2.57. The smallest absolute Gasteiger partial charge is 0.222 e. The minimum atomic E-state index is 0.417. The molecule has 47 heavy (non-hydrogen) atoms. The number of rotatable bonds is 7. The lowest BCUT2D eigenvalue weighted by atomic mass is 9.80. The molecule has 1 aromatic rings. The second-order valence-corrected chi connectivity index (χ2v) is 16.2. The van der Waals surface area contributed by atoms with Crippen molar-refractivity contribution in [1.82, 2.24) is 24.5 Å². The lowest BCUT2D eigenvalue weighted by molar-refractivity contribution is -0.134. The molecule has 5 aliphatic rings. The predicted octanol–water partition coefficient (Wildman–Crippen LogP) is 5.96. The lowest BCUT2D eigenvalue weighted by Gasteiger charge is -2.45. The molecule has 1 aromatic carbocycles. The number of hydrogen-bond donors (Lipinski definition) is 1. The molecule has 7 nitrogen and oxygen atoms in total. The van der Waals surface area contributed by atoms with E-state index in [0.29, 0.717) is 48.0 Å². The minimum Gasteiger partial charge on any atom is -0.343 e. The zero-order valence-corrected chi connectivity index (χ0v) is 30.9. The second-order valence-electron chi connectivity index (χ2n) is 16.2. The fourth-order valence-electron chi connectivity index (χ4n) is 9.33. The zero-order chi connectivity index (χ0) is 33.3. The van der Waals surface area contributed by atoms with Crippen LogP contribution in [0.4, 0.5) is 0 Å². The van der Waals surface area contributed by atoms with E-state index in [1.54, 1.807) is 0 Å². The highest BCUT2D eigenvalue weighted by Gasteiger charge is 2.35. The van der Waals surface area contributed by atoms with Gasteiger partial charge in [-0.25, -0.2) is 0 Å². The molecule has 1 amide bonds. The van der Waals surface area contributed by atoms with E-state index in [1.807, 2.05) is 0 Å². The summed E-state index contributed by atoms with van der Waals surface area (Å²) in [5, 5.41) is 0. The molecule has 5 fully saturated rings. The summed E-state index contributed by atoms with van der Waals surface area (Å²) >= 11 is 0. The van der Waals surface area contributed by atoms with Gasteiger partial charge in [0.25, 0.3) is 0 Å². The van der Waals surface area contributed by atoms with Gasteiger partial charge in [-0.3, -0.25) is 24.4 Å². The van der Waals surface area contributed by atoms with Crippen LogP contribution >= 0.6 is 0 Å². The van der Waals surface area contributed by atoms with E-state index in [4.69, 9.17) is 5.73 Å². The summed E-state index contributed by atoms with van der Waals surface area (Å²) in [5.74, 6) is 1.59. The number of nitrogens with zero attached hydrogens (tertiary/aromatic N) is 5. The molecule has 2 aliphatic carbocycles. The first-order valence-corrected chi connectivity index (χ1v) is 19.8. The molecule has 7 heteroatoms. The zero-order valence-electron chi connectivity index (χ0n) is 30.9. The molecule has 3 saturated heterocycles. The maximum absolute atomic E-state index is 13.2. The monoisotopic (exact) mass is 651 g/mol. The summed E-state index contributed by atoms with van der Waals surface area (Å²) in [7, 11) is 0. The molecule has 0 spiro atoms. The van der Waals surface area contributed by atoms with Crippen molar-refractivity contribution in [2.75, 3.05) is 65.4 Å². The molecule has 2 saturated carbocycles. The van der Waals surface area contributed by atoms with Crippen LogP contribution in [0.5, 0.6) is 0 Å². The topological polar surface area (TPSA) is 59.3 Å². The van der Waals surface area contributed by atoms with E-state index in [2.05, 4.69) is 83.4 Å². The van der Waals surface area contributed by atoms with Crippen LogP contribution in [0.15, 0.2) is 24.3 Å². The second kappa shape index (κ2) is 17.9. The highest BCUT2D eigenvalue weighted by atomic mass is 16.2. The van der Waals surface area contributed by atoms with Crippen LogP contribution in [0.2, 0.25) is 0 Å². The first-order chi connectivity index (χ1) is 22.7. The van der Waals surface area contributed by atoms with Crippen molar-refractivity contribution in [1.29, 1.82) is 0 Å². The van der Waals surface area contributed by atoms with Crippen molar-refractivity contribution in [3.05, 3.63) is 35.4 Å². The number of carbonyl (C=O) groups excluding carboxylic acids is 1. The maximum Gasteiger partial charge on any atom is 0.222 e. The van der Waals surface area contributed by atoms with Gasteiger partial charge in [-0.2, -0.15) is 0 Å². The Morgan fingerprint density at radius 1 is 0.660 bits per heavy atom. The van der Waals surface area contributed by atoms with Crippen molar-refractivity contribution in [2.24, 2.45) is 11.7 Å².